The third kappa shape index (κ3) is 2.74. The lowest BCUT2D eigenvalue weighted by Crippen LogP contribution is -2.07. The van der Waals surface area contributed by atoms with E-state index in [2.05, 4.69) is 6.92 Å². The third-order valence-electron chi connectivity index (χ3n) is 1.86. The molecule has 0 amide bonds. The number of rotatable bonds is 1. The van der Waals surface area contributed by atoms with Crippen LogP contribution in [0.15, 0.2) is 11.8 Å². The Labute approximate surface area is 67.2 Å². The molecule has 2 nitrogen and oxygen atoms in total. The van der Waals surface area contributed by atoms with Gasteiger partial charge in [0.05, 0.1) is 0 Å². The molecule has 1 atom stereocenters. The van der Waals surface area contributed by atoms with Crippen molar-refractivity contribution in [2.75, 3.05) is 0 Å². The van der Waals surface area contributed by atoms with Crippen LogP contribution >= 0.6 is 0 Å². The number of carbonyl (C=O) groups excluding carboxylic acids is 1. The molecule has 0 saturated heterocycles. The summed E-state index contributed by atoms with van der Waals surface area (Å²) >= 11 is 0. The molecule has 11 heavy (non-hydrogen) atoms. The summed E-state index contributed by atoms with van der Waals surface area (Å²) in [6.07, 6.45) is 5.19. The topological polar surface area (TPSA) is 26.3 Å². The van der Waals surface area contributed by atoms with E-state index in [1.165, 1.54) is 13.3 Å². The molecule has 0 bridgehead atoms. The molecule has 1 aliphatic rings. The van der Waals surface area contributed by atoms with Crippen molar-refractivity contribution in [3.8, 4) is 0 Å². The normalized spacial score (nSPS) is 24.2. The molecule has 0 aliphatic heterocycles. The lowest BCUT2D eigenvalue weighted by Gasteiger charge is -2.17. The molecular formula is C9H14O2. The second-order valence-corrected chi connectivity index (χ2v) is 3.15. The van der Waals surface area contributed by atoms with E-state index in [-0.39, 0.29) is 5.97 Å². The molecule has 0 fully saturated rings. The van der Waals surface area contributed by atoms with E-state index in [0.717, 1.165) is 18.6 Å². The smallest absolute Gasteiger partial charge is 0.307 e. The second-order valence-electron chi connectivity index (χ2n) is 3.15. The molecule has 1 rings (SSSR count). The van der Waals surface area contributed by atoms with Crippen molar-refractivity contribution in [1.82, 2.24) is 0 Å². The van der Waals surface area contributed by atoms with Gasteiger partial charge in [-0.3, -0.25) is 4.79 Å². The highest BCUT2D eigenvalue weighted by Gasteiger charge is 2.12. The fraction of sp³-hybridized carbons (Fsp3) is 0.667. The van der Waals surface area contributed by atoms with Gasteiger partial charge in [-0.05, 0) is 24.8 Å². The minimum absolute atomic E-state index is 0.203. The summed E-state index contributed by atoms with van der Waals surface area (Å²) in [5, 5.41) is 0. The van der Waals surface area contributed by atoms with E-state index in [1.54, 1.807) is 0 Å². The molecule has 0 aromatic rings. The molecule has 0 N–H and O–H groups in total. The Hall–Kier alpha value is -0.790. The van der Waals surface area contributed by atoms with Gasteiger partial charge in [0.25, 0.3) is 0 Å². The summed E-state index contributed by atoms with van der Waals surface area (Å²) in [7, 11) is 0. The SMILES string of the molecule is CC(=O)OC1=CCC[C@@H](C)C1. The summed E-state index contributed by atoms with van der Waals surface area (Å²) in [4.78, 5) is 10.6. The summed E-state index contributed by atoms with van der Waals surface area (Å²) in [6, 6.07) is 0. The Kier molecular flexibility index (Phi) is 2.69. The number of allylic oxidation sites excluding steroid dienone is 2. The first-order valence-corrected chi connectivity index (χ1v) is 4.06. The first-order valence-electron chi connectivity index (χ1n) is 4.06. The van der Waals surface area contributed by atoms with Crippen LogP contribution in [0.1, 0.15) is 33.1 Å². The standard InChI is InChI=1S/C9H14O2/c1-7-4-3-5-9(6-7)11-8(2)10/h5,7H,3-4,6H2,1-2H3/t7-/m1/s1. The van der Waals surface area contributed by atoms with Crippen molar-refractivity contribution in [3.05, 3.63) is 11.8 Å². The highest BCUT2D eigenvalue weighted by atomic mass is 16.5. The molecular weight excluding hydrogens is 140 g/mol. The van der Waals surface area contributed by atoms with Crippen LogP contribution in [0.3, 0.4) is 0 Å². The van der Waals surface area contributed by atoms with Gasteiger partial charge in [0.1, 0.15) is 5.76 Å². The van der Waals surface area contributed by atoms with E-state index < -0.39 is 0 Å². The van der Waals surface area contributed by atoms with Gasteiger partial charge < -0.3 is 4.74 Å². The maximum absolute atomic E-state index is 10.6. The number of ether oxygens (including phenoxy) is 1. The van der Waals surface area contributed by atoms with Gasteiger partial charge in [-0.2, -0.15) is 0 Å². The molecule has 0 radical (unpaired) electrons. The quantitative estimate of drug-likeness (QED) is 0.541. The minimum Gasteiger partial charge on any atom is -0.432 e. The van der Waals surface area contributed by atoms with Crippen molar-refractivity contribution >= 4 is 5.97 Å². The molecule has 0 aromatic heterocycles. The first kappa shape index (κ1) is 8.31. The van der Waals surface area contributed by atoms with Crippen LogP contribution in [0, 0.1) is 5.92 Å². The van der Waals surface area contributed by atoms with Crippen LogP contribution in [0.4, 0.5) is 0 Å². The van der Waals surface area contributed by atoms with Crippen molar-refractivity contribution in [1.29, 1.82) is 0 Å². The highest BCUT2D eigenvalue weighted by molar-refractivity contribution is 5.67. The molecule has 0 saturated carbocycles. The van der Waals surface area contributed by atoms with Crippen molar-refractivity contribution in [3.63, 3.8) is 0 Å². The zero-order valence-corrected chi connectivity index (χ0v) is 7.09. The first-order chi connectivity index (χ1) is 5.18. The lowest BCUT2D eigenvalue weighted by molar-refractivity contribution is -0.137. The van der Waals surface area contributed by atoms with E-state index in [1.807, 2.05) is 6.08 Å². The molecule has 2 heteroatoms. The van der Waals surface area contributed by atoms with Crippen LogP contribution in [0.25, 0.3) is 0 Å². The Morgan fingerprint density at radius 2 is 2.45 bits per heavy atom. The Bertz CT molecular complexity index is 182. The largest absolute Gasteiger partial charge is 0.432 e. The molecule has 0 spiro atoms. The van der Waals surface area contributed by atoms with Crippen molar-refractivity contribution in [2.24, 2.45) is 5.92 Å². The minimum atomic E-state index is -0.203. The number of esters is 1. The van der Waals surface area contributed by atoms with Gasteiger partial charge in [-0.1, -0.05) is 6.92 Å². The average molecular weight is 154 g/mol. The lowest BCUT2D eigenvalue weighted by atomic mass is 9.95. The highest BCUT2D eigenvalue weighted by Crippen LogP contribution is 2.23. The van der Waals surface area contributed by atoms with Gasteiger partial charge >= 0.3 is 5.97 Å². The van der Waals surface area contributed by atoms with E-state index >= 15 is 0 Å². The average Bonchev–Trinajstić information content (AvgIpc) is 1.85. The zero-order valence-electron chi connectivity index (χ0n) is 7.09. The molecule has 62 valence electrons. The van der Waals surface area contributed by atoms with Crippen LogP contribution < -0.4 is 0 Å². The monoisotopic (exact) mass is 154 g/mol. The van der Waals surface area contributed by atoms with Crippen LogP contribution in [-0.4, -0.2) is 5.97 Å². The maximum atomic E-state index is 10.6. The van der Waals surface area contributed by atoms with Gasteiger partial charge in [0, 0.05) is 13.3 Å². The second kappa shape index (κ2) is 3.56. The van der Waals surface area contributed by atoms with E-state index in [4.69, 9.17) is 4.74 Å². The van der Waals surface area contributed by atoms with E-state index in [0.29, 0.717) is 5.92 Å². The molecule has 0 unspecified atom stereocenters. The third-order valence-corrected chi connectivity index (χ3v) is 1.86. The number of hydrogen-bond acceptors (Lipinski definition) is 2. The van der Waals surface area contributed by atoms with Crippen LogP contribution in [0.5, 0.6) is 0 Å². The van der Waals surface area contributed by atoms with Crippen molar-refractivity contribution < 1.29 is 9.53 Å². The summed E-state index contributed by atoms with van der Waals surface area (Å²) < 4.78 is 4.98. The molecule has 0 heterocycles. The predicted octanol–water partition coefficient (Wildman–Crippen LogP) is 2.25. The number of carbonyl (C=O) groups is 1. The zero-order chi connectivity index (χ0) is 8.27. The van der Waals surface area contributed by atoms with Crippen LogP contribution in [0.2, 0.25) is 0 Å². The van der Waals surface area contributed by atoms with Crippen LogP contribution in [-0.2, 0) is 9.53 Å². The van der Waals surface area contributed by atoms with Gasteiger partial charge in [-0.25, -0.2) is 0 Å². The summed E-state index contributed by atoms with van der Waals surface area (Å²) in [5.74, 6) is 1.32. The Balaban J connectivity index is 2.44. The Morgan fingerprint density at radius 3 is 3.00 bits per heavy atom. The van der Waals surface area contributed by atoms with Crippen molar-refractivity contribution in [2.45, 2.75) is 33.1 Å². The summed E-state index contributed by atoms with van der Waals surface area (Å²) in [5.41, 5.74) is 0. The summed E-state index contributed by atoms with van der Waals surface area (Å²) in [6.45, 7) is 3.62. The molecule has 1 aliphatic carbocycles. The van der Waals surface area contributed by atoms with Gasteiger partial charge in [0.2, 0.25) is 0 Å². The van der Waals surface area contributed by atoms with Gasteiger partial charge in [-0.15, -0.1) is 0 Å². The fourth-order valence-electron chi connectivity index (χ4n) is 1.33. The predicted molar refractivity (Wildman–Crippen MR) is 42.9 cm³/mol. The Morgan fingerprint density at radius 1 is 1.73 bits per heavy atom. The van der Waals surface area contributed by atoms with E-state index in [9.17, 15) is 4.79 Å². The van der Waals surface area contributed by atoms with Gasteiger partial charge in [0.15, 0.2) is 0 Å². The molecule has 0 aromatic carbocycles. The number of hydrogen-bond donors (Lipinski definition) is 0. The maximum Gasteiger partial charge on any atom is 0.307 e. The fourth-order valence-corrected chi connectivity index (χ4v) is 1.33.